The molecule has 0 atom stereocenters. The number of carbonyl (C=O) groups excluding carboxylic acids is 2. The third-order valence-corrected chi connectivity index (χ3v) is 1.77. The maximum Gasteiger partial charge on any atom is 0.320 e. The van der Waals surface area contributed by atoms with E-state index in [9.17, 15) is 9.59 Å². The standard InChI is InChI=1S/C10H10N4O2/c11-5-6-13-10(16)14-8-4-2-1-3-7(8)9(12)15/h1-4H,6H2,(H2,12,15)(H2,13,14,16). The summed E-state index contributed by atoms with van der Waals surface area (Å²) < 4.78 is 0. The molecule has 6 heteroatoms. The van der Waals surface area contributed by atoms with Crippen molar-refractivity contribution in [1.29, 1.82) is 5.26 Å². The van der Waals surface area contributed by atoms with Gasteiger partial charge in [0.1, 0.15) is 6.54 Å². The largest absolute Gasteiger partial charge is 0.366 e. The van der Waals surface area contributed by atoms with Gasteiger partial charge in [-0.15, -0.1) is 0 Å². The molecule has 16 heavy (non-hydrogen) atoms. The van der Waals surface area contributed by atoms with Gasteiger partial charge in [-0.1, -0.05) is 12.1 Å². The number of hydrogen-bond donors (Lipinski definition) is 3. The molecule has 0 saturated heterocycles. The van der Waals surface area contributed by atoms with Gasteiger partial charge in [-0.2, -0.15) is 5.26 Å². The van der Waals surface area contributed by atoms with Crippen LogP contribution >= 0.6 is 0 Å². The summed E-state index contributed by atoms with van der Waals surface area (Å²) in [6.07, 6.45) is 0. The number of primary amides is 1. The zero-order valence-corrected chi connectivity index (χ0v) is 8.36. The number of urea groups is 1. The molecule has 4 N–H and O–H groups in total. The minimum atomic E-state index is -0.629. The first kappa shape index (κ1) is 11.5. The number of hydrogen-bond acceptors (Lipinski definition) is 3. The lowest BCUT2D eigenvalue weighted by Crippen LogP contribution is -2.30. The van der Waals surface area contributed by atoms with Gasteiger partial charge in [-0.25, -0.2) is 4.79 Å². The molecular formula is C10H10N4O2. The van der Waals surface area contributed by atoms with Crippen molar-refractivity contribution >= 4 is 17.6 Å². The van der Waals surface area contributed by atoms with E-state index in [2.05, 4.69) is 10.6 Å². The van der Waals surface area contributed by atoms with Crippen LogP contribution in [0.5, 0.6) is 0 Å². The lowest BCUT2D eigenvalue weighted by Gasteiger charge is -2.08. The second-order valence-electron chi connectivity index (χ2n) is 2.88. The highest BCUT2D eigenvalue weighted by molar-refractivity contribution is 6.02. The second-order valence-corrected chi connectivity index (χ2v) is 2.88. The summed E-state index contributed by atoms with van der Waals surface area (Å²) >= 11 is 0. The van der Waals surface area contributed by atoms with Crippen molar-refractivity contribution in [2.24, 2.45) is 5.73 Å². The predicted molar refractivity (Wildman–Crippen MR) is 57.6 cm³/mol. The summed E-state index contributed by atoms with van der Waals surface area (Å²) in [5.41, 5.74) is 5.66. The molecule has 6 nitrogen and oxygen atoms in total. The Bertz CT molecular complexity index is 450. The third-order valence-electron chi connectivity index (χ3n) is 1.77. The van der Waals surface area contributed by atoms with Gasteiger partial charge >= 0.3 is 6.03 Å². The maximum atomic E-state index is 11.2. The number of anilines is 1. The molecule has 82 valence electrons. The van der Waals surface area contributed by atoms with Gasteiger partial charge in [0.05, 0.1) is 17.3 Å². The molecule has 0 radical (unpaired) electrons. The molecule has 0 spiro atoms. The summed E-state index contributed by atoms with van der Waals surface area (Å²) in [5.74, 6) is -0.629. The van der Waals surface area contributed by atoms with E-state index in [0.29, 0.717) is 5.69 Å². The predicted octanol–water partition coefficient (Wildman–Crippen LogP) is 0.431. The van der Waals surface area contributed by atoms with Crippen molar-refractivity contribution in [1.82, 2.24) is 5.32 Å². The average Bonchev–Trinajstić information content (AvgIpc) is 2.27. The molecule has 0 aromatic heterocycles. The van der Waals surface area contributed by atoms with Crippen molar-refractivity contribution in [2.75, 3.05) is 11.9 Å². The summed E-state index contributed by atoms with van der Waals surface area (Å²) in [4.78, 5) is 22.2. The normalized spacial score (nSPS) is 8.94. The Morgan fingerprint density at radius 2 is 2.06 bits per heavy atom. The van der Waals surface area contributed by atoms with Crippen molar-refractivity contribution in [3.8, 4) is 6.07 Å². The van der Waals surface area contributed by atoms with E-state index in [-0.39, 0.29) is 12.1 Å². The van der Waals surface area contributed by atoms with Crippen molar-refractivity contribution in [3.63, 3.8) is 0 Å². The second kappa shape index (κ2) is 5.36. The smallest absolute Gasteiger partial charge is 0.320 e. The number of nitrogens with two attached hydrogens (primary N) is 1. The first-order valence-electron chi connectivity index (χ1n) is 4.45. The number of para-hydroxylation sites is 1. The van der Waals surface area contributed by atoms with Crippen molar-refractivity contribution in [2.45, 2.75) is 0 Å². The highest BCUT2D eigenvalue weighted by Gasteiger charge is 2.09. The minimum Gasteiger partial charge on any atom is -0.366 e. The first-order valence-corrected chi connectivity index (χ1v) is 4.45. The van der Waals surface area contributed by atoms with Gasteiger partial charge in [0, 0.05) is 0 Å². The Morgan fingerprint density at radius 1 is 1.38 bits per heavy atom. The van der Waals surface area contributed by atoms with E-state index in [1.54, 1.807) is 24.3 Å². The van der Waals surface area contributed by atoms with Crippen LogP contribution in [0.15, 0.2) is 24.3 Å². The highest BCUT2D eigenvalue weighted by atomic mass is 16.2. The van der Waals surface area contributed by atoms with Crippen LogP contribution in [0, 0.1) is 11.3 Å². The van der Waals surface area contributed by atoms with Crippen LogP contribution in [0.4, 0.5) is 10.5 Å². The van der Waals surface area contributed by atoms with Crippen LogP contribution in [0.1, 0.15) is 10.4 Å². The molecule has 0 bridgehead atoms. The molecule has 0 aliphatic heterocycles. The molecule has 1 rings (SSSR count). The van der Waals surface area contributed by atoms with Gasteiger partial charge in [-0.3, -0.25) is 4.79 Å². The highest BCUT2D eigenvalue weighted by Crippen LogP contribution is 2.13. The monoisotopic (exact) mass is 218 g/mol. The molecule has 1 aromatic carbocycles. The Hall–Kier alpha value is -2.55. The summed E-state index contributed by atoms with van der Waals surface area (Å²) in [6, 6.07) is 7.54. The topological polar surface area (TPSA) is 108 Å². The van der Waals surface area contributed by atoms with Crippen LogP contribution in [0.3, 0.4) is 0 Å². The molecule has 0 fully saturated rings. The van der Waals surface area contributed by atoms with Crippen LogP contribution in [0.25, 0.3) is 0 Å². The molecule has 0 saturated carbocycles. The minimum absolute atomic E-state index is 0.107. The van der Waals surface area contributed by atoms with E-state index in [1.165, 1.54) is 6.07 Å². The molecule has 0 unspecified atom stereocenters. The Labute approximate surface area is 92.0 Å². The Balaban J connectivity index is 2.77. The lowest BCUT2D eigenvalue weighted by atomic mass is 10.1. The first-order chi connectivity index (χ1) is 7.65. The average molecular weight is 218 g/mol. The lowest BCUT2D eigenvalue weighted by molar-refractivity contribution is 0.100. The molecule has 0 aliphatic carbocycles. The maximum absolute atomic E-state index is 11.2. The van der Waals surface area contributed by atoms with Gasteiger partial charge in [-0.05, 0) is 12.1 Å². The Morgan fingerprint density at radius 3 is 2.69 bits per heavy atom. The van der Waals surface area contributed by atoms with E-state index in [4.69, 9.17) is 11.0 Å². The van der Waals surface area contributed by atoms with Crippen LogP contribution in [0.2, 0.25) is 0 Å². The van der Waals surface area contributed by atoms with Gasteiger partial charge in [0.25, 0.3) is 5.91 Å². The zero-order valence-electron chi connectivity index (χ0n) is 8.36. The van der Waals surface area contributed by atoms with Gasteiger partial charge in [0.15, 0.2) is 0 Å². The van der Waals surface area contributed by atoms with Gasteiger partial charge < -0.3 is 16.4 Å². The van der Waals surface area contributed by atoms with E-state index in [0.717, 1.165) is 0 Å². The molecule has 0 heterocycles. The number of rotatable bonds is 3. The number of amides is 3. The van der Waals surface area contributed by atoms with Crippen LogP contribution < -0.4 is 16.4 Å². The van der Waals surface area contributed by atoms with Crippen LogP contribution in [-0.4, -0.2) is 18.5 Å². The van der Waals surface area contributed by atoms with Crippen LogP contribution in [-0.2, 0) is 0 Å². The fourth-order valence-corrected chi connectivity index (χ4v) is 1.09. The number of carbonyl (C=O) groups is 2. The quantitative estimate of drug-likeness (QED) is 0.640. The van der Waals surface area contributed by atoms with Gasteiger partial charge in [0.2, 0.25) is 0 Å². The number of nitriles is 1. The fourth-order valence-electron chi connectivity index (χ4n) is 1.09. The number of benzene rings is 1. The summed E-state index contributed by atoms with van der Waals surface area (Å²) in [7, 11) is 0. The summed E-state index contributed by atoms with van der Waals surface area (Å²) in [5, 5.41) is 13.0. The fraction of sp³-hybridized carbons (Fsp3) is 0.100. The molecule has 0 aliphatic rings. The number of nitrogens with one attached hydrogen (secondary N) is 2. The SMILES string of the molecule is N#CCNC(=O)Nc1ccccc1C(N)=O. The van der Waals surface area contributed by atoms with E-state index < -0.39 is 11.9 Å². The number of nitrogens with zero attached hydrogens (tertiary/aromatic N) is 1. The summed E-state index contributed by atoms with van der Waals surface area (Å²) in [6.45, 7) is -0.107. The molecule has 3 amide bonds. The third kappa shape index (κ3) is 2.99. The zero-order chi connectivity index (χ0) is 12.0. The van der Waals surface area contributed by atoms with Crippen molar-refractivity contribution in [3.05, 3.63) is 29.8 Å². The molecule has 1 aromatic rings. The van der Waals surface area contributed by atoms with Crippen molar-refractivity contribution < 1.29 is 9.59 Å². The van der Waals surface area contributed by atoms with E-state index >= 15 is 0 Å². The molecular weight excluding hydrogens is 208 g/mol. The van der Waals surface area contributed by atoms with E-state index in [1.807, 2.05) is 0 Å². The Kier molecular flexibility index (Phi) is 3.86.